The Morgan fingerprint density at radius 2 is 1.76 bits per heavy atom. The molecule has 2 rings (SSSR count). The molecule has 2 aromatic rings. The van der Waals surface area contributed by atoms with Crippen LogP contribution in [0.4, 0.5) is 4.39 Å². The second kappa shape index (κ2) is 5.73. The fraction of sp³-hybridized carbons (Fsp3) is 0.143. The first-order chi connectivity index (χ1) is 8.29. The molecule has 2 aromatic carbocycles. The van der Waals surface area contributed by atoms with Crippen molar-refractivity contribution in [1.29, 1.82) is 0 Å². The summed E-state index contributed by atoms with van der Waals surface area (Å²) in [5.41, 5.74) is 1.15. The summed E-state index contributed by atoms with van der Waals surface area (Å²) in [7, 11) is 1.64. The lowest BCUT2D eigenvalue weighted by atomic mass is 10.2. The molecular weight excluding hydrogens is 235 g/mol. The summed E-state index contributed by atoms with van der Waals surface area (Å²) >= 11 is 1.50. The number of hydrogen-bond donors (Lipinski definition) is 0. The molecule has 0 aliphatic carbocycles. The Morgan fingerprint density at radius 1 is 1.06 bits per heavy atom. The first kappa shape index (κ1) is 12.0. The maximum atomic E-state index is 13.4. The van der Waals surface area contributed by atoms with E-state index >= 15 is 0 Å². The third-order valence-corrected chi connectivity index (χ3v) is 3.51. The van der Waals surface area contributed by atoms with Gasteiger partial charge in [-0.25, -0.2) is 4.39 Å². The SMILES string of the molecule is COc1ccc(CSc2ccccc2F)cc1. The van der Waals surface area contributed by atoms with E-state index in [0.29, 0.717) is 4.90 Å². The van der Waals surface area contributed by atoms with Crippen LogP contribution < -0.4 is 4.74 Å². The minimum atomic E-state index is -0.161. The van der Waals surface area contributed by atoms with E-state index in [1.54, 1.807) is 19.2 Å². The van der Waals surface area contributed by atoms with Gasteiger partial charge in [0, 0.05) is 10.6 Å². The molecule has 0 amide bonds. The Balaban J connectivity index is 2.00. The lowest BCUT2D eigenvalue weighted by Crippen LogP contribution is -1.85. The molecule has 0 aromatic heterocycles. The highest BCUT2D eigenvalue weighted by Crippen LogP contribution is 2.25. The highest BCUT2D eigenvalue weighted by molar-refractivity contribution is 7.98. The summed E-state index contributed by atoms with van der Waals surface area (Å²) in [5.74, 6) is 1.43. The second-order valence-corrected chi connectivity index (χ2v) is 4.58. The van der Waals surface area contributed by atoms with Gasteiger partial charge >= 0.3 is 0 Å². The number of benzene rings is 2. The van der Waals surface area contributed by atoms with E-state index in [1.165, 1.54) is 17.8 Å². The van der Waals surface area contributed by atoms with E-state index in [9.17, 15) is 4.39 Å². The average molecular weight is 248 g/mol. The van der Waals surface area contributed by atoms with Crippen molar-refractivity contribution in [2.45, 2.75) is 10.6 Å². The highest BCUT2D eigenvalue weighted by Gasteiger charge is 2.01. The van der Waals surface area contributed by atoms with E-state index in [1.807, 2.05) is 30.3 Å². The molecule has 17 heavy (non-hydrogen) atoms. The zero-order valence-corrected chi connectivity index (χ0v) is 10.3. The van der Waals surface area contributed by atoms with Gasteiger partial charge in [-0.05, 0) is 29.8 Å². The fourth-order valence-corrected chi connectivity index (χ4v) is 2.34. The number of halogens is 1. The van der Waals surface area contributed by atoms with E-state index in [-0.39, 0.29) is 5.82 Å². The summed E-state index contributed by atoms with van der Waals surface area (Å²) in [4.78, 5) is 0.684. The van der Waals surface area contributed by atoms with Crippen LogP contribution in [0.2, 0.25) is 0 Å². The van der Waals surface area contributed by atoms with Gasteiger partial charge < -0.3 is 4.74 Å². The minimum absolute atomic E-state index is 0.161. The largest absolute Gasteiger partial charge is 0.497 e. The number of thioether (sulfide) groups is 1. The van der Waals surface area contributed by atoms with Crippen LogP contribution in [0, 0.1) is 5.82 Å². The third-order valence-electron chi connectivity index (χ3n) is 2.39. The van der Waals surface area contributed by atoms with Crippen molar-refractivity contribution < 1.29 is 9.13 Å². The molecule has 0 saturated heterocycles. The quantitative estimate of drug-likeness (QED) is 0.752. The lowest BCUT2D eigenvalue weighted by molar-refractivity contribution is 0.414. The molecule has 0 aliphatic rings. The van der Waals surface area contributed by atoms with Crippen molar-refractivity contribution in [1.82, 2.24) is 0 Å². The molecule has 88 valence electrons. The van der Waals surface area contributed by atoms with Gasteiger partial charge in [0.2, 0.25) is 0 Å². The van der Waals surface area contributed by atoms with Gasteiger partial charge in [-0.2, -0.15) is 0 Å². The van der Waals surface area contributed by atoms with Crippen LogP contribution in [-0.2, 0) is 5.75 Å². The third kappa shape index (κ3) is 3.24. The van der Waals surface area contributed by atoms with E-state index in [0.717, 1.165) is 17.1 Å². The molecule has 0 radical (unpaired) electrons. The fourth-order valence-electron chi connectivity index (χ4n) is 1.44. The normalized spacial score (nSPS) is 10.2. The maximum absolute atomic E-state index is 13.4. The minimum Gasteiger partial charge on any atom is -0.497 e. The summed E-state index contributed by atoms with van der Waals surface area (Å²) < 4.78 is 18.5. The van der Waals surface area contributed by atoms with Gasteiger partial charge in [-0.1, -0.05) is 24.3 Å². The van der Waals surface area contributed by atoms with E-state index in [4.69, 9.17) is 4.74 Å². The van der Waals surface area contributed by atoms with Gasteiger partial charge in [-0.15, -0.1) is 11.8 Å². The second-order valence-electron chi connectivity index (χ2n) is 3.57. The van der Waals surface area contributed by atoms with Crippen LogP contribution in [0.5, 0.6) is 5.75 Å². The number of ether oxygens (including phenoxy) is 1. The van der Waals surface area contributed by atoms with Crippen LogP contribution in [-0.4, -0.2) is 7.11 Å². The molecule has 0 unspecified atom stereocenters. The van der Waals surface area contributed by atoms with Crippen LogP contribution in [0.25, 0.3) is 0 Å². The number of hydrogen-bond acceptors (Lipinski definition) is 2. The highest BCUT2D eigenvalue weighted by atomic mass is 32.2. The van der Waals surface area contributed by atoms with Gasteiger partial charge in [0.05, 0.1) is 7.11 Å². The Hall–Kier alpha value is -1.48. The number of rotatable bonds is 4. The average Bonchev–Trinajstić information content (AvgIpc) is 2.38. The standard InChI is InChI=1S/C14H13FOS/c1-16-12-8-6-11(7-9-12)10-17-14-5-3-2-4-13(14)15/h2-9H,10H2,1H3. The van der Waals surface area contributed by atoms with Crippen molar-refractivity contribution in [3.05, 3.63) is 59.9 Å². The van der Waals surface area contributed by atoms with Crippen molar-refractivity contribution in [2.24, 2.45) is 0 Å². The Morgan fingerprint density at radius 3 is 2.41 bits per heavy atom. The van der Waals surface area contributed by atoms with Crippen molar-refractivity contribution in [2.75, 3.05) is 7.11 Å². The Bertz CT molecular complexity index is 482. The molecular formula is C14H13FOS. The van der Waals surface area contributed by atoms with Crippen molar-refractivity contribution >= 4 is 11.8 Å². The molecule has 0 aliphatic heterocycles. The first-order valence-corrected chi connectivity index (χ1v) is 6.28. The monoisotopic (exact) mass is 248 g/mol. The van der Waals surface area contributed by atoms with E-state index in [2.05, 4.69) is 0 Å². The number of methoxy groups -OCH3 is 1. The Kier molecular flexibility index (Phi) is 4.04. The van der Waals surface area contributed by atoms with Crippen LogP contribution >= 0.6 is 11.8 Å². The topological polar surface area (TPSA) is 9.23 Å². The molecule has 0 saturated carbocycles. The molecule has 0 N–H and O–H groups in total. The van der Waals surface area contributed by atoms with Gasteiger partial charge in [-0.3, -0.25) is 0 Å². The first-order valence-electron chi connectivity index (χ1n) is 5.30. The molecule has 3 heteroatoms. The summed E-state index contributed by atoms with van der Waals surface area (Å²) in [6.45, 7) is 0. The van der Waals surface area contributed by atoms with Crippen molar-refractivity contribution in [3.8, 4) is 5.75 Å². The summed E-state index contributed by atoms with van der Waals surface area (Å²) in [6, 6.07) is 14.6. The zero-order chi connectivity index (χ0) is 12.1. The van der Waals surface area contributed by atoms with Gasteiger partial charge in [0.25, 0.3) is 0 Å². The lowest BCUT2D eigenvalue weighted by Gasteiger charge is -2.04. The van der Waals surface area contributed by atoms with Gasteiger partial charge in [0.15, 0.2) is 0 Å². The summed E-state index contributed by atoms with van der Waals surface area (Å²) in [6.07, 6.45) is 0. The summed E-state index contributed by atoms with van der Waals surface area (Å²) in [5, 5.41) is 0. The van der Waals surface area contributed by atoms with Crippen molar-refractivity contribution in [3.63, 3.8) is 0 Å². The van der Waals surface area contributed by atoms with Crippen LogP contribution in [0.3, 0.4) is 0 Å². The van der Waals surface area contributed by atoms with Crippen LogP contribution in [0.1, 0.15) is 5.56 Å². The zero-order valence-electron chi connectivity index (χ0n) is 9.52. The molecule has 0 atom stereocenters. The predicted molar refractivity (Wildman–Crippen MR) is 69.0 cm³/mol. The maximum Gasteiger partial charge on any atom is 0.136 e. The Labute approximate surface area is 105 Å². The van der Waals surface area contributed by atoms with E-state index < -0.39 is 0 Å². The van der Waals surface area contributed by atoms with Gasteiger partial charge in [0.1, 0.15) is 11.6 Å². The molecule has 1 nitrogen and oxygen atoms in total. The molecule has 0 spiro atoms. The molecule has 0 bridgehead atoms. The predicted octanol–water partition coefficient (Wildman–Crippen LogP) is 4.13. The molecule has 0 heterocycles. The molecule has 0 fully saturated rings. The van der Waals surface area contributed by atoms with Crippen LogP contribution in [0.15, 0.2) is 53.4 Å². The smallest absolute Gasteiger partial charge is 0.136 e.